The van der Waals surface area contributed by atoms with Gasteiger partial charge in [-0.3, -0.25) is 9.59 Å². The number of rotatable bonds is 6. The van der Waals surface area contributed by atoms with Crippen molar-refractivity contribution < 1.29 is 14.3 Å². The fourth-order valence-electron chi connectivity index (χ4n) is 2.07. The van der Waals surface area contributed by atoms with E-state index in [1.54, 1.807) is 12.1 Å². The number of nitrogens with one attached hydrogen (secondary N) is 1. The number of hydrogen-bond donors (Lipinski definition) is 3. The molecule has 6 nitrogen and oxygen atoms in total. The molecule has 0 radical (unpaired) electrons. The second-order valence-corrected chi connectivity index (χ2v) is 5.24. The number of nitrogens with two attached hydrogens (primary N) is 2. The summed E-state index contributed by atoms with van der Waals surface area (Å²) in [5, 5.41) is 2.67. The van der Waals surface area contributed by atoms with Crippen LogP contribution in [-0.4, -0.2) is 25.5 Å². The van der Waals surface area contributed by atoms with E-state index in [4.69, 9.17) is 10.5 Å². The zero-order valence-corrected chi connectivity index (χ0v) is 14.6. The summed E-state index contributed by atoms with van der Waals surface area (Å²) in [6, 6.07) is 14.7. The molecule has 134 valence electrons. The van der Waals surface area contributed by atoms with Gasteiger partial charge < -0.3 is 21.5 Å². The number of nitrogen functional groups attached to an aromatic ring is 1. The lowest BCUT2D eigenvalue weighted by molar-refractivity contribution is -0.144. The van der Waals surface area contributed by atoms with E-state index in [0.717, 1.165) is 11.1 Å². The van der Waals surface area contributed by atoms with Gasteiger partial charge in [0.15, 0.2) is 0 Å². The van der Waals surface area contributed by atoms with Crippen molar-refractivity contribution >= 4 is 17.6 Å². The molecule has 25 heavy (non-hydrogen) atoms. The Hall–Kier alpha value is -2.86. The molecule has 6 heteroatoms. The molecule has 0 aliphatic heterocycles. The Morgan fingerprint density at radius 1 is 1.08 bits per heavy atom. The van der Waals surface area contributed by atoms with Crippen LogP contribution in [0.4, 0.5) is 5.69 Å². The van der Waals surface area contributed by atoms with Gasteiger partial charge in [-0.2, -0.15) is 0 Å². The van der Waals surface area contributed by atoms with Gasteiger partial charge in [-0.1, -0.05) is 36.4 Å². The summed E-state index contributed by atoms with van der Waals surface area (Å²) in [5.74, 6) is -0.649. The van der Waals surface area contributed by atoms with E-state index in [1.807, 2.05) is 43.3 Å². The molecule has 0 aromatic heterocycles. The van der Waals surface area contributed by atoms with Crippen molar-refractivity contribution in [3.8, 4) is 0 Å². The van der Waals surface area contributed by atoms with Crippen LogP contribution in [0.2, 0.25) is 0 Å². The van der Waals surface area contributed by atoms with E-state index >= 15 is 0 Å². The first-order valence-corrected chi connectivity index (χ1v) is 7.98. The molecule has 0 heterocycles. The molecular weight excluding hydrogens is 318 g/mol. The Labute approximate surface area is 148 Å². The van der Waals surface area contributed by atoms with Crippen LogP contribution in [0.1, 0.15) is 27.9 Å². The first kappa shape index (κ1) is 20.2. The van der Waals surface area contributed by atoms with Gasteiger partial charge in [0.25, 0.3) is 5.91 Å². The van der Waals surface area contributed by atoms with E-state index in [9.17, 15) is 9.59 Å². The van der Waals surface area contributed by atoms with Crippen LogP contribution >= 0.6 is 0 Å². The third-order valence-electron chi connectivity index (χ3n) is 3.31. The van der Waals surface area contributed by atoms with Crippen LogP contribution in [0.15, 0.2) is 48.5 Å². The maximum Gasteiger partial charge on any atom is 0.307 e. The molecular formula is C19H25N3O3. The summed E-state index contributed by atoms with van der Waals surface area (Å²) >= 11 is 0. The zero-order chi connectivity index (χ0) is 18.7. The van der Waals surface area contributed by atoms with Crippen molar-refractivity contribution in [2.75, 3.05) is 19.3 Å². The predicted molar refractivity (Wildman–Crippen MR) is 98.9 cm³/mol. The number of carbonyl (C=O) groups excluding carboxylic acids is 2. The van der Waals surface area contributed by atoms with Crippen LogP contribution in [-0.2, 0) is 16.1 Å². The fraction of sp³-hybridized carbons (Fsp3) is 0.263. The predicted octanol–water partition coefficient (Wildman–Crippen LogP) is 2.02. The lowest BCUT2D eigenvalue weighted by Gasteiger charge is -2.08. The number of amides is 1. The number of hydrogen-bond acceptors (Lipinski definition) is 5. The second kappa shape index (κ2) is 10.8. The van der Waals surface area contributed by atoms with Crippen LogP contribution in [0, 0.1) is 6.92 Å². The molecule has 5 N–H and O–H groups in total. The standard InChI is InChI=1S/C18H20N2O3.CH5N/c1-13-7-8-15(16(19)11-13)18(22)20-10-9-17(21)23-12-14-5-3-2-4-6-14;1-2/h2-8,11H,9-10,12,19H2,1H3,(H,20,22);2H2,1H3. The SMILES string of the molecule is CN.Cc1ccc(C(=O)NCCC(=O)OCc2ccccc2)c(N)c1. The molecule has 0 unspecified atom stereocenters. The van der Waals surface area contributed by atoms with Gasteiger partial charge in [-0.25, -0.2) is 0 Å². The van der Waals surface area contributed by atoms with Crippen LogP contribution in [0.3, 0.4) is 0 Å². The van der Waals surface area contributed by atoms with Crippen LogP contribution in [0.5, 0.6) is 0 Å². The quantitative estimate of drug-likeness (QED) is 0.549. The third kappa shape index (κ3) is 7.05. The molecule has 0 saturated heterocycles. The molecule has 0 atom stereocenters. The lowest BCUT2D eigenvalue weighted by atomic mass is 10.1. The topological polar surface area (TPSA) is 107 Å². The number of carbonyl (C=O) groups is 2. The molecule has 2 aromatic carbocycles. The van der Waals surface area contributed by atoms with Gasteiger partial charge in [0, 0.05) is 12.2 Å². The first-order chi connectivity index (χ1) is 12.1. The Balaban J connectivity index is 0.00000151. The Kier molecular flexibility index (Phi) is 8.74. The summed E-state index contributed by atoms with van der Waals surface area (Å²) < 4.78 is 5.14. The summed E-state index contributed by atoms with van der Waals surface area (Å²) in [6.07, 6.45) is 0.115. The highest BCUT2D eigenvalue weighted by atomic mass is 16.5. The minimum atomic E-state index is -0.356. The van der Waals surface area contributed by atoms with Crippen molar-refractivity contribution in [3.63, 3.8) is 0 Å². The molecule has 0 aliphatic carbocycles. The van der Waals surface area contributed by atoms with Gasteiger partial charge in [-0.05, 0) is 37.2 Å². The van der Waals surface area contributed by atoms with Gasteiger partial charge in [0.05, 0.1) is 12.0 Å². The van der Waals surface area contributed by atoms with Crippen molar-refractivity contribution in [3.05, 3.63) is 65.2 Å². The van der Waals surface area contributed by atoms with E-state index in [1.165, 1.54) is 7.05 Å². The van der Waals surface area contributed by atoms with Crippen molar-refractivity contribution in [2.24, 2.45) is 5.73 Å². The maximum atomic E-state index is 12.0. The monoisotopic (exact) mass is 343 g/mol. The van der Waals surface area contributed by atoms with Crippen molar-refractivity contribution in [1.82, 2.24) is 5.32 Å². The fourth-order valence-corrected chi connectivity index (χ4v) is 2.07. The molecule has 0 aliphatic rings. The van der Waals surface area contributed by atoms with E-state index < -0.39 is 0 Å². The van der Waals surface area contributed by atoms with Gasteiger partial charge in [-0.15, -0.1) is 0 Å². The molecule has 2 aromatic rings. The number of esters is 1. The lowest BCUT2D eigenvalue weighted by Crippen LogP contribution is -2.27. The average molecular weight is 343 g/mol. The second-order valence-electron chi connectivity index (χ2n) is 5.24. The number of benzene rings is 2. The van der Waals surface area contributed by atoms with Crippen molar-refractivity contribution in [2.45, 2.75) is 20.0 Å². The Morgan fingerprint density at radius 2 is 1.76 bits per heavy atom. The van der Waals surface area contributed by atoms with E-state index in [2.05, 4.69) is 11.1 Å². The highest BCUT2D eigenvalue weighted by molar-refractivity contribution is 5.99. The van der Waals surface area contributed by atoms with E-state index in [-0.39, 0.29) is 31.4 Å². The molecule has 0 spiro atoms. The maximum absolute atomic E-state index is 12.0. The molecule has 0 bridgehead atoms. The average Bonchev–Trinajstić information content (AvgIpc) is 2.62. The van der Waals surface area contributed by atoms with E-state index in [0.29, 0.717) is 11.3 Å². The van der Waals surface area contributed by atoms with Crippen LogP contribution < -0.4 is 16.8 Å². The Morgan fingerprint density at radius 3 is 2.40 bits per heavy atom. The smallest absolute Gasteiger partial charge is 0.307 e. The summed E-state index contributed by atoms with van der Waals surface area (Å²) in [6.45, 7) is 2.35. The largest absolute Gasteiger partial charge is 0.461 e. The molecule has 0 fully saturated rings. The summed E-state index contributed by atoms with van der Waals surface area (Å²) in [4.78, 5) is 23.6. The van der Waals surface area contributed by atoms with Gasteiger partial charge >= 0.3 is 5.97 Å². The zero-order valence-electron chi connectivity index (χ0n) is 14.6. The summed E-state index contributed by atoms with van der Waals surface area (Å²) in [7, 11) is 1.50. The normalized spacial score (nSPS) is 9.56. The minimum Gasteiger partial charge on any atom is -0.461 e. The Bertz CT molecular complexity index is 688. The van der Waals surface area contributed by atoms with Crippen molar-refractivity contribution in [1.29, 1.82) is 0 Å². The van der Waals surface area contributed by atoms with Gasteiger partial charge in [0.1, 0.15) is 6.61 Å². The highest BCUT2D eigenvalue weighted by Gasteiger charge is 2.10. The molecule has 0 saturated carbocycles. The highest BCUT2D eigenvalue weighted by Crippen LogP contribution is 2.13. The number of ether oxygens (including phenoxy) is 1. The minimum absolute atomic E-state index is 0.115. The van der Waals surface area contributed by atoms with Crippen LogP contribution in [0.25, 0.3) is 0 Å². The number of aryl methyl sites for hydroxylation is 1. The molecule has 2 rings (SSSR count). The number of anilines is 1. The first-order valence-electron chi connectivity index (χ1n) is 7.98. The summed E-state index contributed by atoms with van der Waals surface area (Å²) in [5.41, 5.74) is 13.1. The third-order valence-corrected chi connectivity index (χ3v) is 3.31. The van der Waals surface area contributed by atoms with Gasteiger partial charge in [0.2, 0.25) is 0 Å². The molecule has 1 amide bonds.